The number of hydrogen-bond acceptors (Lipinski definition) is 3. The average Bonchev–Trinajstić information content (AvgIpc) is 3.06. The summed E-state index contributed by atoms with van der Waals surface area (Å²) in [5.41, 5.74) is 3.27. The van der Waals surface area contributed by atoms with Gasteiger partial charge in [-0.2, -0.15) is 5.10 Å². The first-order valence-corrected chi connectivity index (χ1v) is 7.67. The van der Waals surface area contributed by atoms with Crippen molar-refractivity contribution in [3.05, 3.63) is 23.5 Å². The first-order chi connectivity index (χ1) is 9.65. The van der Waals surface area contributed by atoms with Gasteiger partial charge in [0.1, 0.15) is 0 Å². The van der Waals surface area contributed by atoms with Crippen molar-refractivity contribution in [1.82, 2.24) is 20.1 Å². The van der Waals surface area contributed by atoms with Crippen LogP contribution in [0.2, 0.25) is 0 Å². The predicted octanol–water partition coefficient (Wildman–Crippen LogP) is 2.95. The van der Waals surface area contributed by atoms with Crippen molar-refractivity contribution in [2.45, 2.75) is 52.1 Å². The van der Waals surface area contributed by atoms with Crippen LogP contribution in [-0.2, 0) is 13.6 Å². The van der Waals surface area contributed by atoms with E-state index >= 15 is 0 Å². The minimum absolute atomic E-state index is 0.600. The quantitative estimate of drug-likeness (QED) is 0.930. The van der Waals surface area contributed by atoms with Gasteiger partial charge in [0, 0.05) is 31.2 Å². The fraction of sp³-hybridized carbons (Fsp3) is 0.625. The molecule has 1 fully saturated rings. The molecule has 1 aliphatic carbocycles. The monoisotopic (exact) mass is 272 g/mol. The minimum Gasteiger partial charge on any atom is -0.310 e. The summed E-state index contributed by atoms with van der Waals surface area (Å²) in [5, 5.41) is 9.25. The van der Waals surface area contributed by atoms with Gasteiger partial charge in [-0.25, -0.2) is 4.98 Å². The summed E-state index contributed by atoms with van der Waals surface area (Å²) in [6.07, 6.45) is 7.54. The summed E-state index contributed by atoms with van der Waals surface area (Å²) in [4.78, 5) is 4.54. The molecule has 1 N–H and O–H groups in total. The molecular formula is C16H24N4. The largest absolute Gasteiger partial charge is 0.310 e. The van der Waals surface area contributed by atoms with E-state index in [4.69, 9.17) is 0 Å². The molecule has 4 nitrogen and oxygen atoms in total. The van der Waals surface area contributed by atoms with Gasteiger partial charge < -0.3 is 5.32 Å². The zero-order chi connectivity index (χ0) is 14.1. The number of fused-ring (bicyclic) bond motifs is 1. The Hall–Kier alpha value is -1.42. The molecule has 1 atom stereocenters. The van der Waals surface area contributed by atoms with Crippen molar-refractivity contribution in [3.8, 4) is 0 Å². The SMILES string of the molecule is Cc1nn(C)c2ncc(CNC(C)C3CCCC3)cc12. The number of rotatable bonds is 4. The number of aryl methyl sites for hydroxylation is 2. The summed E-state index contributed by atoms with van der Waals surface area (Å²) < 4.78 is 1.85. The molecule has 2 aromatic rings. The molecular weight excluding hydrogens is 248 g/mol. The highest BCUT2D eigenvalue weighted by Crippen LogP contribution is 2.27. The lowest BCUT2D eigenvalue weighted by molar-refractivity contribution is 0.380. The van der Waals surface area contributed by atoms with Crippen molar-refractivity contribution in [3.63, 3.8) is 0 Å². The zero-order valence-electron chi connectivity index (χ0n) is 12.7. The number of nitrogens with zero attached hydrogens (tertiary/aromatic N) is 3. The van der Waals surface area contributed by atoms with Gasteiger partial charge in [-0.3, -0.25) is 4.68 Å². The van der Waals surface area contributed by atoms with Crippen LogP contribution < -0.4 is 5.32 Å². The molecule has 2 heterocycles. The van der Waals surface area contributed by atoms with Crippen LogP contribution in [0.3, 0.4) is 0 Å². The molecule has 108 valence electrons. The molecule has 1 aliphatic rings. The lowest BCUT2D eigenvalue weighted by atomic mass is 9.99. The highest BCUT2D eigenvalue weighted by Gasteiger charge is 2.20. The number of hydrogen-bond donors (Lipinski definition) is 1. The Morgan fingerprint density at radius 3 is 2.90 bits per heavy atom. The summed E-state index contributed by atoms with van der Waals surface area (Å²) >= 11 is 0. The lowest BCUT2D eigenvalue weighted by Crippen LogP contribution is -2.31. The van der Waals surface area contributed by atoms with Crippen LogP contribution in [0.25, 0.3) is 11.0 Å². The maximum atomic E-state index is 4.54. The minimum atomic E-state index is 0.600. The van der Waals surface area contributed by atoms with Gasteiger partial charge in [-0.05, 0) is 44.2 Å². The average molecular weight is 272 g/mol. The smallest absolute Gasteiger partial charge is 0.157 e. The van der Waals surface area contributed by atoms with E-state index in [2.05, 4.69) is 28.4 Å². The van der Waals surface area contributed by atoms with Gasteiger partial charge in [0.25, 0.3) is 0 Å². The standard InChI is InChI=1S/C16H24N4/c1-11(14-6-4-5-7-14)17-9-13-8-15-12(2)19-20(3)16(15)18-10-13/h8,10-11,14,17H,4-7,9H2,1-3H3. The normalized spacial score (nSPS) is 17.9. The number of aromatic nitrogens is 3. The molecule has 20 heavy (non-hydrogen) atoms. The zero-order valence-corrected chi connectivity index (χ0v) is 12.7. The third-order valence-corrected chi connectivity index (χ3v) is 4.65. The molecule has 0 saturated heterocycles. The van der Waals surface area contributed by atoms with Crippen molar-refractivity contribution in [1.29, 1.82) is 0 Å². The topological polar surface area (TPSA) is 42.7 Å². The molecule has 3 rings (SSSR count). The molecule has 0 amide bonds. The fourth-order valence-electron chi connectivity index (χ4n) is 3.35. The molecule has 0 spiro atoms. The van der Waals surface area contributed by atoms with E-state index in [1.54, 1.807) is 0 Å². The van der Waals surface area contributed by atoms with Crippen molar-refractivity contribution >= 4 is 11.0 Å². The van der Waals surface area contributed by atoms with E-state index in [-0.39, 0.29) is 0 Å². The highest BCUT2D eigenvalue weighted by atomic mass is 15.3. The van der Waals surface area contributed by atoms with Crippen LogP contribution in [0.1, 0.15) is 43.9 Å². The van der Waals surface area contributed by atoms with Gasteiger partial charge in [0.05, 0.1) is 5.69 Å². The molecule has 0 radical (unpaired) electrons. The Labute approximate surface area is 120 Å². The van der Waals surface area contributed by atoms with Gasteiger partial charge in [0.2, 0.25) is 0 Å². The molecule has 1 saturated carbocycles. The van der Waals surface area contributed by atoms with Gasteiger partial charge >= 0.3 is 0 Å². The Bertz CT molecular complexity index is 596. The van der Waals surface area contributed by atoms with E-state index in [1.807, 2.05) is 24.9 Å². The molecule has 0 aromatic carbocycles. The van der Waals surface area contributed by atoms with E-state index in [9.17, 15) is 0 Å². The van der Waals surface area contributed by atoms with Gasteiger partial charge in [-0.1, -0.05) is 12.8 Å². The second-order valence-electron chi connectivity index (χ2n) is 6.14. The van der Waals surface area contributed by atoms with E-state index in [1.165, 1.54) is 36.6 Å². The van der Waals surface area contributed by atoms with E-state index in [0.29, 0.717) is 6.04 Å². The first-order valence-electron chi connectivity index (χ1n) is 7.67. The summed E-state index contributed by atoms with van der Waals surface area (Å²) in [5.74, 6) is 0.854. The third-order valence-electron chi connectivity index (χ3n) is 4.65. The van der Waals surface area contributed by atoms with Crippen LogP contribution in [0.15, 0.2) is 12.3 Å². The van der Waals surface area contributed by atoms with Crippen LogP contribution in [0.5, 0.6) is 0 Å². The van der Waals surface area contributed by atoms with Crippen LogP contribution in [0, 0.1) is 12.8 Å². The summed E-state index contributed by atoms with van der Waals surface area (Å²) in [6, 6.07) is 2.82. The molecule has 2 aromatic heterocycles. The maximum Gasteiger partial charge on any atom is 0.157 e. The summed E-state index contributed by atoms with van der Waals surface area (Å²) in [6.45, 7) is 5.26. The van der Waals surface area contributed by atoms with Crippen LogP contribution in [-0.4, -0.2) is 20.8 Å². The van der Waals surface area contributed by atoms with Gasteiger partial charge in [-0.15, -0.1) is 0 Å². The van der Waals surface area contributed by atoms with Crippen molar-refractivity contribution < 1.29 is 0 Å². The lowest BCUT2D eigenvalue weighted by Gasteiger charge is -2.20. The molecule has 0 aliphatic heterocycles. The Kier molecular flexibility index (Phi) is 3.74. The van der Waals surface area contributed by atoms with E-state index in [0.717, 1.165) is 23.8 Å². The third kappa shape index (κ3) is 2.57. The molecule has 4 heteroatoms. The van der Waals surface area contributed by atoms with Gasteiger partial charge in [0.15, 0.2) is 5.65 Å². The fourth-order valence-corrected chi connectivity index (χ4v) is 3.35. The Balaban J connectivity index is 1.69. The van der Waals surface area contributed by atoms with Crippen LogP contribution in [0.4, 0.5) is 0 Å². The summed E-state index contributed by atoms with van der Waals surface area (Å²) in [7, 11) is 1.95. The van der Waals surface area contributed by atoms with Crippen molar-refractivity contribution in [2.75, 3.05) is 0 Å². The second kappa shape index (κ2) is 5.52. The Morgan fingerprint density at radius 2 is 2.15 bits per heavy atom. The predicted molar refractivity (Wildman–Crippen MR) is 81.5 cm³/mol. The second-order valence-corrected chi connectivity index (χ2v) is 6.14. The number of nitrogens with one attached hydrogen (secondary N) is 1. The van der Waals surface area contributed by atoms with Crippen LogP contribution >= 0.6 is 0 Å². The highest BCUT2D eigenvalue weighted by molar-refractivity contribution is 5.78. The van der Waals surface area contributed by atoms with Crippen molar-refractivity contribution in [2.24, 2.45) is 13.0 Å². The Morgan fingerprint density at radius 1 is 1.40 bits per heavy atom. The maximum absolute atomic E-state index is 4.54. The number of pyridine rings is 1. The van der Waals surface area contributed by atoms with E-state index < -0.39 is 0 Å². The molecule has 0 bridgehead atoms. The molecule has 1 unspecified atom stereocenters. The first kappa shape index (κ1) is 13.6.